The van der Waals surface area contributed by atoms with Gasteiger partial charge in [-0.1, -0.05) is 26.8 Å². The zero-order chi connectivity index (χ0) is 17.9. The largest absolute Gasteiger partial charge is 0.293 e. The number of allylic oxidation sites excluding steroid dienone is 6. The van der Waals surface area contributed by atoms with Gasteiger partial charge in [-0.15, -0.1) is 12.6 Å². The molecule has 0 spiro atoms. The van der Waals surface area contributed by atoms with Crippen LogP contribution < -0.4 is 0 Å². The molecule has 0 radical (unpaired) electrons. The van der Waals surface area contributed by atoms with Crippen molar-refractivity contribution in [2.75, 3.05) is 0 Å². The summed E-state index contributed by atoms with van der Waals surface area (Å²) in [5.41, 5.74) is -0.0931. The summed E-state index contributed by atoms with van der Waals surface area (Å²) in [6.45, 7) is 5.76. The summed E-state index contributed by atoms with van der Waals surface area (Å²) < 4.78 is 0. The lowest BCUT2D eigenvalue weighted by Crippen LogP contribution is -2.51. The lowest BCUT2D eigenvalue weighted by Gasteiger charge is -2.54. The summed E-state index contributed by atoms with van der Waals surface area (Å²) in [7, 11) is 0. The maximum atomic E-state index is 12.6. The van der Waals surface area contributed by atoms with E-state index in [0.717, 1.165) is 18.4 Å². The van der Waals surface area contributed by atoms with E-state index in [1.54, 1.807) is 6.08 Å². The Morgan fingerprint density at radius 2 is 1.83 bits per heavy atom. The van der Waals surface area contributed by atoms with Crippen LogP contribution in [0.3, 0.4) is 0 Å². The molecule has 3 aliphatic rings. The molecule has 0 heterocycles. The van der Waals surface area contributed by atoms with Crippen molar-refractivity contribution in [2.45, 2.75) is 33.6 Å². The van der Waals surface area contributed by atoms with E-state index in [9.17, 15) is 20.1 Å². The van der Waals surface area contributed by atoms with Crippen LogP contribution in [0.4, 0.5) is 0 Å². The highest BCUT2D eigenvalue weighted by Gasteiger charge is 2.56. The smallest absolute Gasteiger partial charge is 0.197 e. The average Bonchev–Trinajstić information content (AvgIpc) is 2.52. The molecule has 3 unspecified atom stereocenters. The molecule has 0 amide bonds. The van der Waals surface area contributed by atoms with Crippen molar-refractivity contribution in [1.82, 2.24) is 0 Å². The van der Waals surface area contributed by atoms with Gasteiger partial charge in [0, 0.05) is 21.7 Å². The summed E-state index contributed by atoms with van der Waals surface area (Å²) in [5, 5.41) is 18.6. The lowest BCUT2D eigenvalue weighted by atomic mass is 9.48. The molecule has 1 saturated carbocycles. The zero-order valence-electron chi connectivity index (χ0n) is 13.9. The maximum absolute atomic E-state index is 12.6. The molecule has 0 bridgehead atoms. The molecule has 0 aromatic rings. The van der Waals surface area contributed by atoms with Crippen LogP contribution in [0, 0.1) is 45.3 Å². The Morgan fingerprint density at radius 3 is 2.42 bits per heavy atom. The Labute approximate surface area is 146 Å². The molecule has 3 rings (SSSR count). The second-order valence-electron chi connectivity index (χ2n) is 7.52. The van der Waals surface area contributed by atoms with Gasteiger partial charge in [0.05, 0.1) is 5.57 Å². The number of rotatable bonds is 0. The fourth-order valence-electron chi connectivity index (χ4n) is 4.78. The minimum absolute atomic E-state index is 0.00895. The molecule has 24 heavy (non-hydrogen) atoms. The van der Waals surface area contributed by atoms with Crippen LogP contribution in [0.25, 0.3) is 0 Å². The van der Waals surface area contributed by atoms with Crippen molar-refractivity contribution >= 4 is 24.2 Å². The van der Waals surface area contributed by atoms with E-state index >= 15 is 0 Å². The highest BCUT2D eigenvalue weighted by Crippen LogP contribution is 2.60. The van der Waals surface area contributed by atoms with Crippen LogP contribution in [0.5, 0.6) is 0 Å². The number of ketones is 2. The molecule has 1 fully saturated rings. The van der Waals surface area contributed by atoms with Gasteiger partial charge in [-0.05, 0) is 30.4 Å². The first-order valence-corrected chi connectivity index (χ1v) is 8.40. The van der Waals surface area contributed by atoms with Crippen molar-refractivity contribution in [3.8, 4) is 12.1 Å². The van der Waals surface area contributed by atoms with Gasteiger partial charge in [0.2, 0.25) is 0 Å². The first kappa shape index (κ1) is 16.7. The molecular formula is C19H18N2O2S. The summed E-state index contributed by atoms with van der Waals surface area (Å²) in [6.07, 6.45) is 4.79. The van der Waals surface area contributed by atoms with Crippen LogP contribution in [-0.2, 0) is 9.59 Å². The first-order valence-electron chi connectivity index (χ1n) is 7.95. The third-order valence-corrected chi connectivity index (χ3v) is 6.50. The molecular weight excluding hydrogens is 320 g/mol. The molecule has 0 aliphatic heterocycles. The van der Waals surface area contributed by atoms with E-state index in [2.05, 4.69) is 12.6 Å². The first-order chi connectivity index (χ1) is 11.2. The number of nitriles is 2. The van der Waals surface area contributed by atoms with E-state index in [1.807, 2.05) is 32.9 Å². The fourth-order valence-corrected chi connectivity index (χ4v) is 5.21. The standard InChI is InChI=1S/C19H18N2O2S/c1-18(2)15-5-4-11-13(6-14(22)12(9-21)16(11)24)19(15,3)7-10(8-20)17(18)23/h6-7,11,15,24H,4-5H2,1-3H3. The third-order valence-electron chi connectivity index (χ3n) is 5.96. The van der Waals surface area contributed by atoms with E-state index in [0.29, 0.717) is 4.91 Å². The molecule has 3 atom stereocenters. The Morgan fingerprint density at radius 1 is 1.17 bits per heavy atom. The van der Waals surface area contributed by atoms with E-state index in [1.165, 1.54) is 6.08 Å². The van der Waals surface area contributed by atoms with E-state index in [-0.39, 0.29) is 34.5 Å². The molecule has 0 aromatic heterocycles. The minimum Gasteiger partial charge on any atom is -0.293 e. The lowest BCUT2D eigenvalue weighted by molar-refractivity contribution is -0.129. The Hall–Kier alpha value is -2.11. The molecule has 3 aliphatic carbocycles. The summed E-state index contributed by atoms with van der Waals surface area (Å²) in [5.74, 6) is -0.554. The van der Waals surface area contributed by atoms with E-state index in [4.69, 9.17) is 0 Å². The van der Waals surface area contributed by atoms with Gasteiger partial charge in [-0.25, -0.2) is 0 Å². The summed E-state index contributed by atoms with van der Waals surface area (Å²) in [6, 6.07) is 3.97. The van der Waals surface area contributed by atoms with Crippen molar-refractivity contribution in [3.05, 3.63) is 33.8 Å². The quantitative estimate of drug-likeness (QED) is 0.687. The normalized spacial score (nSPS) is 34.4. The van der Waals surface area contributed by atoms with Crippen LogP contribution in [0.15, 0.2) is 33.8 Å². The van der Waals surface area contributed by atoms with Crippen LogP contribution >= 0.6 is 12.6 Å². The average molecular weight is 338 g/mol. The Kier molecular flexibility index (Phi) is 3.62. The van der Waals surface area contributed by atoms with Gasteiger partial charge >= 0.3 is 0 Å². The second kappa shape index (κ2) is 5.19. The Bertz CT molecular complexity index is 848. The second-order valence-corrected chi connectivity index (χ2v) is 8.00. The van der Waals surface area contributed by atoms with Crippen molar-refractivity contribution in [2.24, 2.45) is 22.7 Å². The molecule has 0 aromatic carbocycles. The third kappa shape index (κ3) is 1.98. The van der Waals surface area contributed by atoms with Crippen LogP contribution in [0.1, 0.15) is 33.6 Å². The number of carbonyl (C=O) groups is 2. The SMILES string of the molecule is CC1(C)C(=O)C(C#N)=CC2(C)C3=CC(=O)C(C#N)=C(S)C3CCC12. The molecule has 5 heteroatoms. The molecule has 0 N–H and O–H groups in total. The number of nitrogens with zero attached hydrogens (tertiary/aromatic N) is 2. The summed E-state index contributed by atoms with van der Waals surface area (Å²) in [4.78, 5) is 25.5. The predicted octanol–water partition coefficient (Wildman–Crippen LogP) is 3.29. The fraction of sp³-hybridized carbons (Fsp3) is 0.474. The van der Waals surface area contributed by atoms with Gasteiger partial charge in [0.1, 0.15) is 17.7 Å². The van der Waals surface area contributed by atoms with Gasteiger partial charge in [-0.3, -0.25) is 9.59 Å². The predicted molar refractivity (Wildman–Crippen MR) is 91.5 cm³/mol. The monoisotopic (exact) mass is 338 g/mol. The number of Topliss-reactive ketones (excluding diaryl/α,β-unsaturated/α-hetero) is 1. The van der Waals surface area contributed by atoms with Crippen molar-refractivity contribution in [3.63, 3.8) is 0 Å². The number of thiol groups is 1. The Balaban J connectivity index is 2.23. The number of hydrogen-bond donors (Lipinski definition) is 1. The van der Waals surface area contributed by atoms with Crippen LogP contribution in [-0.4, -0.2) is 11.6 Å². The van der Waals surface area contributed by atoms with Gasteiger partial charge < -0.3 is 0 Å². The molecule has 4 nitrogen and oxygen atoms in total. The summed E-state index contributed by atoms with van der Waals surface area (Å²) >= 11 is 4.46. The number of fused-ring (bicyclic) bond motifs is 3. The highest BCUT2D eigenvalue weighted by atomic mass is 32.1. The van der Waals surface area contributed by atoms with Gasteiger partial charge in [-0.2, -0.15) is 10.5 Å². The molecule has 0 saturated heterocycles. The molecule has 122 valence electrons. The minimum atomic E-state index is -0.667. The number of hydrogen-bond acceptors (Lipinski definition) is 5. The van der Waals surface area contributed by atoms with Gasteiger partial charge in [0.25, 0.3) is 0 Å². The topological polar surface area (TPSA) is 81.7 Å². The zero-order valence-corrected chi connectivity index (χ0v) is 14.8. The van der Waals surface area contributed by atoms with Crippen molar-refractivity contribution in [1.29, 1.82) is 10.5 Å². The highest BCUT2D eigenvalue weighted by molar-refractivity contribution is 7.84. The van der Waals surface area contributed by atoms with E-state index < -0.39 is 10.8 Å². The van der Waals surface area contributed by atoms with Gasteiger partial charge in [0.15, 0.2) is 11.6 Å². The number of carbonyl (C=O) groups excluding carboxylic acids is 2. The van der Waals surface area contributed by atoms with Crippen molar-refractivity contribution < 1.29 is 9.59 Å². The maximum Gasteiger partial charge on any atom is 0.197 e. The van der Waals surface area contributed by atoms with Crippen LogP contribution in [0.2, 0.25) is 0 Å².